The first-order valence-electron chi connectivity index (χ1n) is 8.04. The average molecular weight is 288 g/mol. The lowest BCUT2D eigenvalue weighted by Crippen LogP contribution is -2.44. The molecule has 0 aliphatic carbocycles. The Morgan fingerprint density at radius 3 is 2.52 bits per heavy atom. The molecule has 0 aromatic heterocycles. The highest BCUT2D eigenvalue weighted by molar-refractivity contribution is 5.98. The highest BCUT2D eigenvalue weighted by atomic mass is 16.1. The number of likely N-dealkylation sites (tertiary alicyclic amines) is 1. The molecule has 1 fully saturated rings. The molecule has 0 saturated carbocycles. The topological polar surface area (TPSA) is 23.6 Å². The highest BCUT2D eigenvalue weighted by Crippen LogP contribution is 2.17. The third kappa shape index (κ3) is 4.14. The zero-order chi connectivity index (χ0) is 15.4. The number of hydrogen-bond acceptors (Lipinski definition) is 3. The summed E-state index contributed by atoms with van der Waals surface area (Å²) in [7, 11) is 2.09. The zero-order valence-electron chi connectivity index (χ0n) is 13.9. The van der Waals surface area contributed by atoms with Crippen LogP contribution in [0.2, 0.25) is 0 Å². The number of Topliss-reactive ketones (excluding diaryl/α,β-unsaturated/α-hetero) is 1. The first kappa shape index (κ1) is 16.2. The van der Waals surface area contributed by atoms with Gasteiger partial charge in [0.25, 0.3) is 0 Å². The van der Waals surface area contributed by atoms with E-state index in [1.807, 2.05) is 19.1 Å². The predicted octanol–water partition coefficient (Wildman–Crippen LogP) is 2.90. The zero-order valence-corrected chi connectivity index (χ0v) is 13.9. The Balaban J connectivity index is 1.93. The molecule has 0 radical (unpaired) electrons. The number of piperidine rings is 1. The molecule has 3 nitrogen and oxygen atoms in total. The molecular weight excluding hydrogens is 260 g/mol. The Morgan fingerprint density at radius 2 is 1.95 bits per heavy atom. The number of benzene rings is 1. The van der Waals surface area contributed by atoms with Crippen molar-refractivity contribution in [3.63, 3.8) is 0 Å². The molecule has 0 amide bonds. The van der Waals surface area contributed by atoms with Crippen LogP contribution < -0.4 is 0 Å². The van der Waals surface area contributed by atoms with Crippen LogP contribution in [0.15, 0.2) is 18.2 Å². The summed E-state index contributed by atoms with van der Waals surface area (Å²) in [4.78, 5) is 17.2. The quantitative estimate of drug-likeness (QED) is 0.778. The lowest BCUT2D eigenvalue weighted by Gasteiger charge is -2.36. The number of carbonyl (C=O) groups is 1. The van der Waals surface area contributed by atoms with Gasteiger partial charge in [-0.05, 0) is 58.9 Å². The van der Waals surface area contributed by atoms with E-state index in [-0.39, 0.29) is 5.78 Å². The van der Waals surface area contributed by atoms with Crippen LogP contribution in [0.5, 0.6) is 0 Å². The van der Waals surface area contributed by atoms with Gasteiger partial charge in [0.2, 0.25) is 0 Å². The summed E-state index contributed by atoms with van der Waals surface area (Å²) in [5.41, 5.74) is 3.18. The van der Waals surface area contributed by atoms with Gasteiger partial charge in [-0.3, -0.25) is 9.69 Å². The van der Waals surface area contributed by atoms with Crippen molar-refractivity contribution in [1.29, 1.82) is 0 Å². The number of ketones is 1. The van der Waals surface area contributed by atoms with Crippen molar-refractivity contribution < 1.29 is 4.79 Å². The van der Waals surface area contributed by atoms with Gasteiger partial charge < -0.3 is 4.90 Å². The van der Waals surface area contributed by atoms with Crippen LogP contribution in [0.25, 0.3) is 0 Å². The maximum Gasteiger partial charge on any atom is 0.177 e. The monoisotopic (exact) mass is 288 g/mol. The van der Waals surface area contributed by atoms with Crippen molar-refractivity contribution in [3.05, 3.63) is 34.9 Å². The van der Waals surface area contributed by atoms with Crippen LogP contribution in [-0.4, -0.2) is 54.9 Å². The van der Waals surface area contributed by atoms with E-state index in [1.165, 1.54) is 18.4 Å². The van der Waals surface area contributed by atoms with E-state index in [1.54, 1.807) is 0 Å². The van der Waals surface area contributed by atoms with Gasteiger partial charge in [0.1, 0.15) is 0 Å². The average Bonchev–Trinajstić information content (AvgIpc) is 2.47. The predicted molar refractivity (Wildman–Crippen MR) is 88.0 cm³/mol. The highest BCUT2D eigenvalue weighted by Gasteiger charge is 2.23. The van der Waals surface area contributed by atoms with Crippen LogP contribution in [-0.2, 0) is 0 Å². The normalized spacial score (nSPS) is 17.4. The molecule has 1 aliphatic rings. The van der Waals surface area contributed by atoms with Gasteiger partial charge in [-0.15, -0.1) is 0 Å². The largest absolute Gasteiger partial charge is 0.303 e. The van der Waals surface area contributed by atoms with Gasteiger partial charge in [-0.25, -0.2) is 0 Å². The van der Waals surface area contributed by atoms with Crippen LogP contribution in [0.4, 0.5) is 0 Å². The number of rotatable bonds is 5. The fraction of sp³-hybridized carbons (Fsp3) is 0.611. The molecule has 1 aromatic carbocycles. The van der Waals surface area contributed by atoms with Crippen LogP contribution >= 0.6 is 0 Å². The molecule has 0 atom stereocenters. The van der Waals surface area contributed by atoms with Crippen molar-refractivity contribution in [1.82, 2.24) is 9.80 Å². The maximum absolute atomic E-state index is 12.5. The van der Waals surface area contributed by atoms with E-state index >= 15 is 0 Å². The summed E-state index contributed by atoms with van der Waals surface area (Å²) in [5.74, 6) is 0.243. The van der Waals surface area contributed by atoms with Gasteiger partial charge in [0.05, 0.1) is 6.54 Å². The van der Waals surface area contributed by atoms with Crippen molar-refractivity contribution >= 4 is 5.78 Å². The van der Waals surface area contributed by atoms with E-state index in [0.717, 1.165) is 30.8 Å². The second-order valence-corrected chi connectivity index (χ2v) is 6.32. The Labute approximate surface area is 128 Å². The van der Waals surface area contributed by atoms with E-state index in [2.05, 4.69) is 36.8 Å². The molecule has 0 unspecified atom stereocenters. The van der Waals surface area contributed by atoms with Crippen LogP contribution in [0, 0.1) is 13.8 Å². The fourth-order valence-electron chi connectivity index (χ4n) is 3.24. The molecule has 1 saturated heterocycles. The van der Waals surface area contributed by atoms with Crippen molar-refractivity contribution in [3.8, 4) is 0 Å². The van der Waals surface area contributed by atoms with E-state index in [0.29, 0.717) is 12.6 Å². The SMILES string of the molecule is CCN1CCC(N(C)CC(=O)c2ccc(C)cc2C)CC1. The molecule has 0 N–H and O–H groups in total. The van der Waals surface area contributed by atoms with Crippen LogP contribution in [0.1, 0.15) is 41.3 Å². The Bertz CT molecular complexity index is 490. The lowest BCUT2D eigenvalue weighted by atomic mass is 10.00. The van der Waals surface area contributed by atoms with Crippen molar-refractivity contribution in [2.24, 2.45) is 0 Å². The van der Waals surface area contributed by atoms with E-state index < -0.39 is 0 Å². The molecule has 116 valence electrons. The molecule has 0 bridgehead atoms. The number of carbonyl (C=O) groups excluding carboxylic acids is 1. The molecule has 0 spiro atoms. The fourth-order valence-corrected chi connectivity index (χ4v) is 3.24. The van der Waals surface area contributed by atoms with Gasteiger partial charge in [0, 0.05) is 11.6 Å². The van der Waals surface area contributed by atoms with Gasteiger partial charge >= 0.3 is 0 Å². The summed E-state index contributed by atoms with van der Waals surface area (Å²) in [6.45, 7) is 10.3. The molecule has 21 heavy (non-hydrogen) atoms. The molecule has 2 rings (SSSR count). The summed E-state index contributed by atoms with van der Waals surface area (Å²) in [6.07, 6.45) is 2.34. The maximum atomic E-state index is 12.5. The third-order valence-electron chi connectivity index (χ3n) is 4.70. The van der Waals surface area contributed by atoms with E-state index in [4.69, 9.17) is 0 Å². The third-order valence-corrected chi connectivity index (χ3v) is 4.70. The summed E-state index contributed by atoms with van der Waals surface area (Å²) < 4.78 is 0. The molecule has 1 aliphatic heterocycles. The van der Waals surface area contributed by atoms with Crippen LogP contribution in [0.3, 0.4) is 0 Å². The van der Waals surface area contributed by atoms with E-state index in [9.17, 15) is 4.79 Å². The smallest absolute Gasteiger partial charge is 0.177 e. The number of likely N-dealkylation sites (N-methyl/N-ethyl adjacent to an activating group) is 1. The van der Waals surface area contributed by atoms with Crippen molar-refractivity contribution in [2.45, 2.75) is 39.7 Å². The standard InChI is InChI=1S/C18H28N2O/c1-5-20-10-8-16(9-11-20)19(4)13-18(21)17-7-6-14(2)12-15(17)3/h6-7,12,16H,5,8-11,13H2,1-4H3. The Hall–Kier alpha value is -1.19. The van der Waals surface area contributed by atoms with Gasteiger partial charge in [-0.2, -0.15) is 0 Å². The minimum Gasteiger partial charge on any atom is -0.303 e. The van der Waals surface area contributed by atoms with Gasteiger partial charge in [-0.1, -0.05) is 30.7 Å². The number of hydrogen-bond donors (Lipinski definition) is 0. The summed E-state index contributed by atoms with van der Waals surface area (Å²) >= 11 is 0. The minimum absolute atomic E-state index is 0.243. The molecular formula is C18H28N2O. The summed E-state index contributed by atoms with van der Waals surface area (Å²) in [5, 5.41) is 0. The Morgan fingerprint density at radius 1 is 1.29 bits per heavy atom. The van der Waals surface area contributed by atoms with Gasteiger partial charge in [0.15, 0.2) is 5.78 Å². The first-order valence-corrected chi connectivity index (χ1v) is 8.04. The summed E-state index contributed by atoms with van der Waals surface area (Å²) in [6, 6.07) is 6.63. The second kappa shape index (κ2) is 7.19. The van der Waals surface area contributed by atoms with Crippen molar-refractivity contribution in [2.75, 3.05) is 33.2 Å². The molecule has 1 aromatic rings. The minimum atomic E-state index is 0.243. The lowest BCUT2D eigenvalue weighted by molar-refractivity contribution is 0.0858. The Kier molecular flexibility index (Phi) is 5.54. The number of nitrogens with zero attached hydrogens (tertiary/aromatic N) is 2. The molecule has 3 heteroatoms. The first-order chi connectivity index (χ1) is 10.0. The second-order valence-electron chi connectivity index (χ2n) is 6.32. The molecule has 1 heterocycles. The number of aryl methyl sites for hydroxylation is 2.